The summed E-state index contributed by atoms with van der Waals surface area (Å²) in [7, 11) is 1.61. The van der Waals surface area contributed by atoms with Gasteiger partial charge in [0.05, 0.1) is 19.0 Å². The lowest BCUT2D eigenvalue weighted by atomic mass is 9.97. The molecule has 3 aromatic heterocycles. The molecule has 0 radical (unpaired) electrons. The first kappa shape index (κ1) is 20.6. The van der Waals surface area contributed by atoms with Crippen LogP contribution in [-0.2, 0) is 0 Å². The van der Waals surface area contributed by atoms with Crippen molar-refractivity contribution < 1.29 is 9.15 Å². The number of nitrogens with one attached hydrogen (secondary N) is 2. The van der Waals surface area contributed by atoms with Crippen LogP contribution in [0.3, 0.4) is 0 Å². The maximum absolute atomic E-state index is 5.55. The standard InChI is InChI=1S/C23H26N6O2/c1-14-10-16-12-25-22(29-19(16)20(27-14)26-13-23(2,3)4)28-17-7-6-15(11-18(17)30-5)21-24-8-9-31-21/h6-12H,13H2,1-5H3,(H,26,27)(H,25,28,29). The molecule has 0 spiro atoms. The Hall–Kier alpha value is -3.68. The van der Waals surface area contributed by atoms with Gasteiger partial charge in [-0.3, -0.25) is 0 Å². The van der Waals surface area contributed by atoms with Gasteiger partial charge in [0.25, 0.3) is 0 Å². The minimum Gasteiger partial charge on any atom is -0.495 e. The summed E-state index contributed by atoms with van der Waals surface area (Å²) in [6, 6.07) is 7.63. The number of nitrogens with zero attached hydrogens (tertiary/aromatic N) is 4. The Morgan fingerprint density at radius 3 is 2.65 bits per heavy atom. The van der Waals surface area contributed by atoms with E-state index in [9.17, 15) is 0 Å². The van der Waals surface area contributed by atoms with Crippen molar-refractivity contribution in [1.29, 1.82) is 0 Å². The van der Waals surface area contributed by atoms with Crippen LogP contribution in [0, 0.1) is 12.3 Å². The Labute approximate surface area is 181 Å². The van der Waals surface area contributed by atoms with Gasteiger partial charge < -0.3 is 19.8 Å². The van der Waals surface area contributed by atoms with Crippen LogP contribution in [0.4, 0.5) is 17.5 Å². The van der Waals surface area contributed by atoms with Gasteiger partial charge in [0, 0.05) is 29.4 Å². The molecule has 0 atom stereocenters. The maximum atomic E-state index is 5.55. The second-order valence-electron chi connectivity index (χ2n) is 8.54. The fourth-order valence-corrected chi connectivity index (χ4v) is 3.12. The minimum absolute atomic E-state index is 0.115. The van der Waals surface area contributed by atoms with Gasteiger partial charge >= 0.3 is 0 Å². The van der Waals surface area contributed by atoms with Crippen molar-refractivity contribution in [3.63, 3.8) is 0 Å². The number of benzene rings is 1. The molecule has 0 aliphatic carbocycles. The highest BCUT2D eigenvalue weighted by atomic mass is 16.5. The van der Waals surface area contributed by atoms with Gasteiger partial charge in [-0.25, -0.2) is 19.9 Å². The number of aryl methyl sites for hydroxylation is 1. The average molecular weight is 419 g/mol. The summed E-state index contributed by atoms with van der Waals surface area (Å²) in [4.78, 5) is 18.0. The highest BCUT2D eigenvalue weighted by Crippen LogP contribution is 2.32. The van der Waals surface area contributed by atoms with E-state index in [1.165, 1.54) is 6.26 Å². The Morgan fingerprint density at radius 2 is 1.94 bits per heavy atom. The van der Waals surface area contributed by atoms with E-state index in [1.54, 1.807) is 19.5 Å². The largest absolute Gasteiger partial charge is 0.495 e. The van der Waals surface area contributed by atoms with Gasteiger partial charge in [-0.1, -0.05) is 20.8 Å². The fraction of sp³-hybridized carbons (Fsp3) is 0.304. The summed E-state index contributed by atoms with van der Waals surface area (Å²) in [6.45, 7) is 9.27. The van der Waals surface area contributed by atoms with Crippen molar-refractivity contribution in [3.05, 3.63) is 48.6 Å². The van der Waals surface area contributed by atoms with E-state index < -0.39 is 0 Å². The van der Waals surface area contributed by atoms with Crippen LogP contribution in [0.25, 0.3) is 22.4 Å². The fourth-order valence-electron chi connectivity index (χ4n) is 3.12. The van der Waals surface area contributed by atoms with Crippen LogP contribution in [-0.4, -0.2) is 33.6 Å². The molecule has 3 heterocycles. The first-order valence-corrected chi connectivity index (χ1v) is 10.1. The molecule has 8 heteroatoms. The number of hydrogen-bond donors (Lipinski definition) is 2. The molecule has 2 N–H and O–H groups in total. The summed E-state index contributed by atoms with van der Waals surface area (Å²) >= 11 is 0. The van der Waals surface area contributed by atoms with Crippen molar-refractivity contribution in [1.82, 2.24) is 19.9 Å². The van der Waals surface area contributed by atoms with Crippen molar-refractivity contribution in [3.8, 4) is 17.2 Å². The summed E-state index contributed by atoms with van der Waals surface area (Å²) in [5.74, 6) is 2.37. The third-order valence-corrected chi connectivity index (χ3v) is 4.61. The molecular weight excluding hydrogens is 392 g/mol. The first-order chi connectivity index (χ1) is 14.8. The molecule has 0 unspecified atom stereocenters. The zero-order valence-electron chi connectivity index (χ0n) is 18.4. The number of aromatic nitrogens is 4. The van der Waals surface area contributed by atoms with Gasteiger partial charge in [0.1, 0.15) is 17.5 Å². The van der Waals surface area contributed by atoms with Gasteiger partial charge in [0.2, 0.25) is 11.8 Å². The molecule has 0 aliphatic rings. The number of pyridine rings is 1. The van der Waals surface area contributed by atoms with Crippen LogP contribution < -0.4 is 15.4 Å². The predicted octanol–water partition coefficient (Wildman–Crippen LogP) is 5.20. The number of ether oxygens (including phenoxy) is 1. The molecule has 0 saturated carbocycles. The van der Waals surface area contributed by atoms with Crippen LogP contribution >= 0.6 is 0 Å². The summed E-state index contributed by atoms with van der Waals surface area (Å²) < 4.78 is 10.9. The maximum Gasteiger partial charge on any atom is 0.227 e. The molecule has 1 aromatic carbocycles. The normalized spacial score (nSPS) is 11.5. The minimum atomic E-state index is 0.115. The van der Waals surface area contributed by atoms with Crippen LogP contribution in [0.15, 0.2) is 47.3 Å². The number of hydrogen-bond acceptors (Lipinski definition) is 8. The van der Waals surface area contributed by atoms with Gasteiger partial charge in [0.15, 0.2) is 5.82 Å². The lowest BCUT2D eigenvalue weighted by Gasteiger charge is -2.20. The molecule has 4 rings (SSSR count). The van der Waals surface area contributed by atoms with Crippen LogP contribution in [0.1, 0.15) is 26.5 Å². The molecule has 0 fully saturated rings. The lowest BCUT2D eigenvalue weighted by molar-refractivity contribution is 0.416. The smallest absolute Gasteiger partial charge is 0.227 e. The molecule has 0 amide bonds. The van der Waals surface area contributed by atoms with Gasteiger partial charge in [-0.15, -0.1) is 0 Å². The Bertz CT molecular complexity index is 1200. The quantitative estimate of drug-likeness (QED) is 0.441. The van der Waals surface area contributed by atoms with E-state index in [2.05, 4.69) is 46.4 Å². The summed E-state index contributed by atoms with van der Waals surface area (Å²) in [5.41, 5.74) is 3.35. The van der Waals surface area contributed by atoms with E-state index in [4.69, 9.17) is 14.1 Å². The van der Waals surface area contributed by atoms with Crippen molar-refractivity contribution in [2.24, 2.45) is 5.41 Å². The Morgan fingerprint density at radius 1 is 1.10 bits per heavy atom. The zero-order valence-corrected chi connectivity index (χ0v) is 18.4. The van der Waals surface area contributed by atoms with Crippen LogP contribution in [0.2, 0.25) is 0 Å². The highest BCUT2D eigenvalue weighted by Gasteiger charge is 2.15. The van der Waals surface area contributed by atoms with Crippen molar-refractivity contribution in [2.75, 3.05) is 24.3 Å². The second kappa shape index (κ2) is 8.22. The number of methoxy groups -OCH3 is 1. The van der Waals surface area contributed by atoms with E-state index >= 15 is 0 Å². The average Bonchev–Trinajstić information content (AvgIpc) is 3.27. The topological polar surface area (TPSA) is 98.0 Å². The Kier molecular flexibility index (Phi) is 5.46. The molecule has 31 heavy (non-hydrogen) atoms. The molecule has 0 bridgehead atoms. The van der Waals surface area contributed by atoms with Gasteiger partial charge in [-0.2, -0.15) is 0 Å². The van der Waals surface area contributed by atoms with Crippen LogP contribution in [0.5, 0.6) is 5.75 Å². The molecule has 0 saturated heterocycles. The predicted molar refractivity (Wildman–Crippen MR) is 122 cm³/mol. The number of fused-ring (bicyclic) bond motifs is 1. The lowest BCUT2D eigenvalue weighted by Crippen LogP contribution is -2.20. The van der Waals surface area contributed by atoms with E-state index in [0.717, 1.165) is 40.2 Å². The number of anilines is 3. The van der Waals surface area contributed by atoms with E-state index in [1.807, 2.05) is 31.2 Å². The SMILES string of the molecule is COc1cc(-c2ncco2)ccc1Nc1ncc2cc(C)nc(NCC(C)(C)C)c2n1. The molecule has 0 aliphatic heterocycles. The monoisotopic (exact) mass is 418 g/mol. The summed E-state index contributed by atoms with van der Waals surface area (Å²) in [6.07, 6.45) is 4.95. The molecule has 160 valence electrons. The third kappa shape index (κ3) is 4.74. The van der Waals surface area contributed by atoms with E-state index in [-0.39, 0.29) is 5.41 Å². The highest BCUT2D eigenvalue weighted by molar-refractivity contribution is 5.89. The molecular formula is C23H26N6O2. The third-order valence-electron chi connectivity index (χ3n) is 4.61. The number of rotatable bonds is 6. The summed E-state index contributed by atoms with van der Waals surface area (Å²) in [5, 5.41) is 7.61. The number of oxazole rings is 1. The second-order valence-corrected chi connectivity index (χ2v) is 8.54. The van der Waals surface area contributed by atoms with Gasteiger partial charge in [-0.05, 0) is 36.6 Å². The first-order valence-electron chi connectivity index (χ1n) is 10.1. The van der Waals surface area contributed by atoms with Crippen molar-refractivity contribution >= 4 is 28.4 Å². The van der Waals surface area contributed by atoms with Crippen molar-refractivity contribution in [2.45, 2.75) is 27.7 Å². The zero-order chi connectivity index (χ0) is 22.0. The molecule has 4 aromatic rings. The van der Waals surface area contributed by atoms with E-state index in [0.29, 0.717) is 17.6 Å². The Balaban J connectivity index is 1.66. The molecule has 8 nitrogen and oxygen atoms in total.